The maximum atomic E-state index is 5.65. The van der Waals surface area contributed by atoms with Crippen LogP contribution in [0.5, 0.6) is 0 Å². The molecule has 1 aliphatic heterocycles. The summed E-state index contributed by atoms with van der Waals surface area (Å²) in [5.41, 5.74) is 2.69. The Morgan fingerprint density at radius 2 is 2.00 bits per heavy atom. The van der Waals surface area contributed by atoms with Gasteiger partial charge in [0.25, 0.3) is 0 Å². The molecule has 0 bridgehead atoms. The number of hydrogen-bond acceptors (Lipinski definition) is 2. The molecule has 0 aliphatic carbocycles. The maximum Gasteiger partial charge on any atom is 0.0801 e. The van der Waals surface area contributed by atoms with Gasteiger partial charge in [-0.1, -0.05) is 24.3 Å². The number of benzene rings is 1. The van der Waals surface area contributed by atoms with Crippen molar-refractivity contribution >= 4 is 0 Å². The minimum atomic E-state index is 0.237. The summed E-state index contributed by atoms with van der Waals surface area (Å²) in [6.45, 7) is 2.87. The molecule has 1 aromatic rings. The molecule has 0 spiro atoms. The van der Waals surface area contributed by atoms with Gasteiger partial charge >= 0.3 is 0 Å². The van der Waals surface area contributed by atoms with Gasteiger partial charge in [-0.15, -0.1) is 0 Å². The van der Waals surface area contributed by atoms with Crippen LogP contribution in [-0.4, -0.2) is 13.7 Å². The zero-order chi connectivity index (χ0) is 9.26. The highest BCUT2D eigenvalue weighted by Crippen LogP contribution is 2.31. The second kappa shape index (κ2) is 3.48. The average Bonchev–Trinajstić information content (AvgIpc) is 2.19. The van der Waals surface area contributed by atoms with Crippen molar-refractivity contribution in [1.82, 2.24) is 5.32 Å². The van der Waals surface area contributed by atoms with Crippen LogP contribution >= 0.6 is 0 Å². The van der Waals surface area contributed by atoms with Crippen LogP contribution in [0.1, 0.15) is 30.2 Å². The van der Waals surface area contributed by atoms with Gasteiger partial charge in [0.2, 0.25) is 0 Å². The predicted molar refractivity (Wildman–Crippen MR) is 52.6 cm³/mol. The molecule has 2 atom stereocenters. The Balaban J connectivity index is 2.42. The molecule has 2 nitrogen and oxygen atoms in total. The molecule has 1 aliphatic rings. The van der Waals surface area contributed by atoms with Crippen molar-refractivity contribution < 1.29 is 4.74 Å². The van der Waals surface area contributed by atoms with Crippen LogP contribution in [0.15, 0.2) is 24.3 Å². The molecule has 0 saturated heterocycles. The summed E-state index contributed by atoms with van der Waals surface area (Å²) >= 11 is 0. The fraction of sp³-hybridized carbons (Fsp3) is 0.455. The minimum Gasteiger partial charge on any atom is -0.372 e. The van der Waals surface area contributed by atoms with E-state index in [0.717, 1.165) is 6.61 Å². The van der Waals surface area contributed by atoms with Crippen molar-refractivity contribution in [2.24, 2.45) is 0 Å². The van der Waals surface area contributed by atoms with Gasteiger partial charge < -0.3 is 10.1 Å². The number of fused-ring (bicyclic) bond motifs is 1. The number of likely N-dealkylation sites (N-methyl/N-ethyl adjacent to an activating group) is 1. The molecule has 0 saturated carbocycles. The van der Waals surface area contributed by atoms with E-state index in [2.05, 4.69) is 36.5 Å². The Kier molecular flexibility index (Phi) is 2.34. The lowest BCUT2D eigenvalue weighted by Gasteiger charge is -2.29. The Bertz CT molecular complexity index is 298. The van der Waals surface area contributed by atoms with E-state index in [1.807, 2.05) is 7.05 Å². The van der Waals surface area contributed by atoms with Gasteiger partial charge in [0.05, 0.1) is 18.8 Å². The van der Waals surface area contributed by atoms with E-state index < -0.39 is 0 Å². The lowest BCUT2D eigenvalue weighted by Crippen LogP contribution is -2.28. The molecule has 0 aromatic heterocycles. The van der Waals surface area contributed by atoms with Crippen LogP contribution in [0.25, 0.3) is 0 Å². The van der Waals surface area contributed by atoms with Gasteiger partial charge in [-0.2, -0.15) is 0 Å². The van der Waals surface area contributed by atoms with E-state index in [1.54, 1.807) is 0 Å². The summed E-state index contributed by atoms with van der Waals surface area (Å²) in [7, 11) is 1.97. The lowest BCUT2D eigenvalue weighted by molar-refractivity contribution is 0.0346. The first-order valence-electron chi connectivity index (χ1n) is 4.70. The first-order chi connectivity index (χ1) is 6.33. The molecule has 70 valence electrons. The van der Waals surface area contributed by atoms with Gasteiger partial charge in [0, 0.05) is 0 Å². The topological polar surface area (TPSA) is 21.3 Å². The van der Waals surface area contributed by atoms with Gasteiger partial charge in [-0.25, -0.2) is 0 Å². The Morgan fingerprint density at radius 1 is 1.31 bits per heavy atom. The van der Waals surface area contributed by atoms with Crippen molar-refractivity contribution in [2.75, 3.05) is 13.7 Å². The van der Waals surface area contributed by atoms with E-state index >= 15 is 0 Å². The molecule has 1 heterocycles. The summed E-state index contributed by atoms with van der Waals surface area (Å²) in [4.78, 5) is 0. The van der Waals surface area contributed by atoms with Crippen molar-refractivity contribution in [1.29, 1.82) is 0 Å². The van der Waals surface area contributed by atoms with E-state index in [0.29, 0.717) is 6.04 Å². The summed E-state index contributed by atoms with van der Waals surface area (Å²) in [6.07, 6.45) is 0.237. The van der Waals surface area contributed by atoms with Crippen LogP contribution in [0.4, 0.5) is 0 Å². The van der Waals surface area contributed by atoms with Crippen LogP contribution in [0.3, 0.4) is 0 Å². The first kappa shape index (κ1) is 8.73. The van der Waals surface area contributed by atoms with Crippen LogP contribution < -0.4 is 5.32 Å². The Labute approximate surface area is 78.9 Å². The molecule has 13 heavy (non-hydrogen) atoms. The molecule has 2 rings (SSSR count). The van der Waals surface area contributed by atoms with Crippen LogP contribution in [-0.2, 0) is 4.74 Å². The van der Waals surface area contributed by atoms with Gasteiger partial charge in [0.1, 0.15) is 0 Å². The lowest BCUT2D eigenvalue weighted by atomic mass is 9.95. The molecular formula is C11H15NO. The number of nitrogens with one attached hydrogen (secondary N) is 1. The third kappa shape index (κ3) is 1.47. The molecule has 2 unspecified atom stereocenters. The summed E-state index contributed by atoms with van der Waals surface area (Å²) < 4.78 is 5.65. The van der Waals surface area contributed by atoms with E-state index in [9.17, 15) is 0 Å². The van der Waals surface area contributed by atoms with E-state index in [1.165, 1.54) is 11.1 Å². The minimum absolute atomic E-state index is 0.237. The van der Waals surface area contributed by atoms with Gasteiger partial charge in [-0.3, -0.25) is 0 Å². The average molecular weight is 177 g/mol. The Hall–Kier alpha value is -0.860. The summed E-state index contributed by atoms with van der Waals surface area (Å²) in [5, 5.41) is 3.26. The SMILES string of the molecule is CNC1COC(C)c2ccccc21. The largest absolute Gasteiger partial charge is 0.372 e. The number of ether oxygens (including phenoxy) is 1. The molecule has 1 aromatic carbocycles. The highest BCUT2D eigenvalue weighted by Gasteiger charge is 2.23. The predicted octanol–water partition coefficient (Wildman–Crippen LogP) is 2.04. The summed E-state index contributed by atoms with van der Waals surface area (Å²) in [6, 6.07) is 8.82. The van der Waals surface area contributed by atoms with Crippen molar-refractivity contribution in [3.63, 3.8) is 0 Å². The van der Waals surface area contributed by atoms with Crippen molar-refractivity contribution in [2.45, 2.75) is 19.1 Å². The smallest absolute Gasteiger partial charge is 0.0801 e. The van der Waals surface area contributed by atoms with Crippen molar-refractivity contribution in [3.8, 4) is 0 Å². The third-order valence-corrected chi connectivity index (χ3v) is 2.67. The Morgan fingerprint density at radius 3 is 2.69 bits per heavy atom. The van der Waals surface area contributed by atoms with Crippen LogP contribution in [0.2, 0.25) is 0 Å². The van der Waals surface area contributed by atoms with E-state index in [-0.39, 0.29) is 6.10 Å². The first-order valence-corrected chi connectivity index (χ1v) is 4.70. The zero-order valence-corrected chi connectivity index (χ0v) is 8.08. The van der Waals surface area contributed by atoms with Gasteiger partial charge in [0.15, 0.2) is 0 Å². The second-order valence-electron chi connectivity index (χ2n) is 3.45. The molecule has 0 amide bonds. The molecule has 2 heteroatoms. The quantitative estimate of drug-likeness (QED) is 0.708. The molecule has 1 N–H and O–H groups in total. The maximum absolute atomic E-state index is 5.65. The molecule has 0 fully saturated rings. The summed E-state index contributed by atoms with van der Waals surface area (Å²) in [5.74, 6) is 0. The van der Waals surface area contributed by atoms with Crippen LogP contribution in [0, 0.1) is 0 Å². The normalized spacial score (nSPS) is 26.9. The molecule has 0 radical (unpaired) electrons. The standard InChI is InChI=1S/C11H15NO/c1-8-9-5-3-4-6-10(9)11(12-2)7-13-8/h3-6,8,11-12H,7H2,1-2H3. The fourth-order valence-electron chi connectivity index (χ4n) is 1.86. The van der Waals surface area contributed by atoms with Gasteiger partial charge in [-0.05, 0) is 25.1 Å². The highest BCUT2D eigenvalue weighted by atomic mass is 16.5. The second-order valence-corrected chi connectivity index (χ2v) is 3.45. The number of hydrogen-bond donors (Lipinski definition) is 1. The number of rotatable bonds is 1. The fourth-order valence-corrected chi connectivity index (χ4v) is 1.86. The monoisotopic (exact) mass is 177 g/mol. The zero-order valence-electron chi connectivity index (χ0n) is 8.08. The highest BCUT2D eigenvalue weighted by molar-refractivity contribution is 5.33. The van der Waals surface area contributed by atoms with E-state index in [4.69, 9.17) is 4.74 Å². The molecular weight excluding hydrogens is 162 g/mol. The van der Waals surface area contributed by atoms with Crippen molar-refractivity contribution in [3.05, 3.63) is 35.4 Å². The third-order valence-electron chi connectivity index (χ3n) is 2.67.